The summed E-state index contributed by atoms with van der Waals surface area (Å²) >= 11 is 11.4. The van der Waals surface area contributed by atoms with Gasteiger partial charge in [-0.05, 0) is 62.0 Å². The van der Waals surface area contributed by atoms with Gasteiger partial charge in [0.15, 0.2) is 5.11 Å². The molecule has 0 atom stereocenters. The predicted octanol–water partition coefficient (Wildman–Crippen LogP) is 3.13. The standard InChI is InChI=1S/C21H20ClN3O4S/c1-11-8-13(9-16-18(26)23(3)21(30)24(4)19(16)27)12(2)25(11)14-6-7-15(17(22)10-14)20(28)29-5/h6-10H,1-5H3. The van der Waals surface area contributed by atoms with Gasteiger partial charge in [-0.2, -0.15) is 0 Å². The fourth-order valence-corrected chi connectivity index (χ4v) is 3.80. The number of aromatic nitrogens is 1. The topological polar surface area (TPSA) is 71.8 Å². The van der Waals surface area contributed by atoms with Gasteiger partial charge >= 0.3 is 5.97 Å². The molecule has 1 aromatic heterocycles. The molecule has 30 heavy (non-hydrogen) atoms. The molecule has 0 bridgehead atoms. The van der Waals surface area contributed by atoms with Crippen molar-refractivity contribution in [3.63, 3.8) is 0 Å². The van der Waals surface area contributed by atoms with Crippen LogP contribution in [0.4, 0.5) is 0 Å². The molecule has 0 spiro atoms. The van der Waals surface area contributed by atoms with E-state index in [1.54, 1.807) is 24.3 Å². The summed E-state index contributed by atoms with van der Waals surface area (Å²) in [6.45, 7) is 3.77. The minimum atomic E-state index is -0.515. The molecule has 1 saturated heterocycles. The first-order valence-electron chi connectivity index (χ1n) is 8.97. The van der Waals surface area contributed by atoms with Gasteiger partial charge in [0.2, 0.25) is 0 Å². The highest BCUT2D eigenvalue weighted by Crippen LogP contribution is 2.28. The number of carbonyl (C=O) groups is 3. The van der Waals surface area contributed by atoms with Crippen LogP contribution in [0.1, 0.15) is 27.3 Å². The molecule has 2 amide bonds. The number of amides is 2. The lowest BCUT2D eigenvalue weighted by Crippen LogP contribution is -2.52. The Balaban J connectivity index is 2.07. The van der Waals surface area contributed by atoms with Crippen LogP contribution in [0.2, 0.25) is 5.02 Å². The third-order valence-electron chi connectivity index (χ3n) is 5.03. The molecular weight excluding hydrogens is 426 g/mol. The molecule has 156 valence electrons. The molecule has 2 heterocycles. The highest BCUT2D eigenvalue weighted by Gasteiger charge is 2.35. The second kappa shape index (κ2) is 8.04. The van der Waals surface area contributed by atoms with Gasteiger partial charge in [-0.1, -0.05) is 11.6 Å². The summed E-state index contributed by atoms with van der Waals surface area (Å²) in [6.07, 6.45) is 1.57. The Morgan fingerprint density at radius 2 is 1.70 bits per heavy atom. The molecular formula is C21H20ClN3O4S. The molecule has 3 rings (SSSR count). The third kappa shape index (κ3) is 3.53. The molecule has 0 aliphatic carbocycles. The van der Waals surface area contributed by atoms with E-state index >= 15 is 0 Å². The van der Waals surface area contributed by atoms with Crippen LogP contribution in [0.3, 0.4) is 0 Å². The lowest BCUT2D eigenvalue weighted by molar-refractivity contribution is -0.132. The van der Waals surface area contributed by atoms with E-state index in [-0.39, 0.29) is 21.3 Å². The minimum Gasteiger partial charge on any atom is -0.465 e. The third-order valence-corrected chi connectivity index (χ3v) is 5.89. The summed E-state index contributed by atoms with van der Waals surface area (Å²) in [5.74, 6) is -1.41. The lowest BCUT2D eigenvalue weighted by Gasteiger charge is -2.31. The number of likely N-dealkylation sites (N-methyl/N-ethyl adjacent to an activating group) is 2. The molecule has 1 aliphatic heterocycles. The largest absolute Gasteiger partial charge is 0.465 e. The Morgan fingerprint density at radius 1 is 1.10 bits per heavy atom. The summed E-state index contributed by atoms with van der Waals surface area (Å²) in [5, 5.41) is 0.425. The van der Waals surface area contributed by atoms with Crippen molar-refractivity contribution in [2.75, 3.05) is 21.2 Å². The van der Waals surface area contributed by atoms with Crippen molar-refractivity contribution >= 4 is 52.8 Å². The van der Waals surface area contributed by atoms with Crippen LogP contribution in [-0.4, -0.2) is 58.5 Å². The van der Waals surface area contributed by atoms with E-state index in [1.807, 2.05) is 24.5 Å². The van der Waals surface area contributed by atoms with Gasteiger partial charge in [-0.15, -0.1) is 0 Å². The fraction of sp³-hybridized carbons (Fsp3) is 0.238. The normalized spacial score (nSPS) is 14.5. The molecule has 1 fully saturated rings. The van der Waals surface area contributed by atoms with E-state index in [0.29, 0.717) is 5.56 Å². The van der Waals surface area contributed by atoms with Crippen molar-refractivity contribution in [2.45, 2.75) is 13.8 Å². The van der Waals surface area contributed by atoms with Crippen LogP contribution in [0.25, 0.3) is 11.8 Å². The van der Waals surface area contributed by atoms with Gasteiger partial charge in [-0.3, -0.25) is 19.4 Å². The van der Waals surface area contributed by atoms with E-state index in [1.165, 1.54) is 31.0 Å². The average Bonchev–Trinajstić information content (AvgIpc) is 3.00. The second-order valence-corrected chi connectivity index (χ2v) is 7.66. The first-order chi connectivity index (χ1) is 14.1. The van der Waals surface area contributed by atoms with E-state index in [9.17, 15) is 14.4 Å². The molecule has 7 nitrogen and oxygen atoms in total. The Kier molecular flexibility index (Phi) is 5.83. The Bertz CT molecular complexity index is 1110. The van der Waals surface area contributed by atoms with Gasteiger partial charge in [0, 0.05) is 31.2 Å². The van der Waals surface area contributed by atoms with Gasteiger partial charge in [0.05, 0.1) is 17.7 Å². The first-order valence-corrected chi connectivity index (χ1v) is 9.76. The molecule has 9 heteroatoms. The number of aryl methyl sites for hydroxylation is 1. The monoisotopic (exact) mass is 445 g/mol. The molecule has 0 radical (unpaired) electrons. The van der Waals surface area contributed by atoms with E-state index in [2.05, 4.69) is 0 Å². The van der Waals surface area contributed by atoms with Crippen LogP contribution in [0, 0.1) is 13.8 Å². The van der Waals surface area contributed by atoms with Crippen molar-refractivity contribution in [1.82, 2.24) is 14.4 Å². The van der Waals surface area contributed by atoms with Crippen molar-refractivity contribution in [3.05, 3.63) is 57.4 Å². The number of nitrogens with zero attached hydrogens (tertiary/aromatic N) is 3. The zero-order chi connectivity index (χ0) is 22.3. The van der Waals surface area contributed by atoms with Gasteiger partial charge in [0.25, 0.3) is 11.8 Å². The molecule has 1 aromatic carbocycles. The summed E-state index contributed by atoms with van der Waals surface area (Å²) in [7, 11) is 4.37. The summed E-state index contributed by atoms with van der Waals surface area (Å²) in [6, 6.07) is 6.89. The lowest BCUT2D eigenvalue weighted by atomic mass is 10.1. The van der Waals surface area contributed by atoms with Crippen LogP contribution >= 0.6 is 23.8 Å². The smallest absolute Gasteiger partial charge is 0.339 e. The Morgan fingerprint density at radius 3 is 2.23 bits per heavy atom. The zero-order valence-electron chi connectivity index (χ0n) is 17.1. The minimum absolute atomic E-state index is 0.0351. The van der Waals surface area contributed by atoms with Crippen molar-refractivity contribution in [2.24, 2.45) is 0 Å². The van der Waals surface area contributed by atoms with Gasteiger partial charge in [0.1, 0.15) is 5.57 Å². The number of benzene rings is 1. The number of ether oxygens (including phenoxy) is 1. The highest BCUT2D eigenvalue weighted by atomic mass is 35.5. The van der Waals surface area contributed by atoms with Crippen LogP contribution in [0.15, 0.2) is 29.8 Å². The molecule has 0 N–H and O–H groups in total. The number of hydrogen-bond acceptors (Lipinski definition) is 5. The summed E-state index contributed by atoms with van der Waals surface area (Å²) in [4.78, 5) is 39.5. The van der Waals surface area contributed by atoms with Gasteiger partial charge in [-0.25, -0.2) is 4.79 Å². The van der Waals surface area contributed by atoms with E-state index in [0.717, 1.165) is 17.1 Å². The van der Waals surface area contributed by atoms with Crippen LogP contribution < -0.4 is 0 Å². The first kappa shape index (κ1) is 21.7. The SMILES string of the molecule is COC(=O)c1ccc(-n2c(C)cc(C=C3C(=O)N(C)C(=S)N(C)C3=O)c2C)cc1Cl. The number of carbonyl (C=O) groups excluding carboxylic acids is 3. The average molecular weight is 446 g/mol. The summed E-state index contributed by atoms with van der Waals surface area (Å²) in [5.41, 5.74) is 3.44. The number of hydrogen-bond donors (Lipinski definition) is 0. The number of rotatable bonds is 3. The summed E-state index contributed by atoms with van der Waals surface area (Å²) < 4.78 is 6.65. The number of esters is 1. The predicted molar refractivity (Wildman–Crippen MR) is 118 cm³/mol. The van der Waals surface area contributed by atoms with Crippen molar-refractivity contribution in [1.29, 1.82) is 0 Å². The van der Waals surface area contributed by atoms with E-state index < -0.39 is 17.8 Å². The van der Waals surface area contributed by atoms with E-state index in [4.69, 9.17) is 28.6 Å². The Labute approximate surface area is 184 Å². The number of thiocarbonyl (C=S) groups is 1. The zero-order valence-corrected chi connectivity index (χ0v) is 18.7. The fourth-order valence-electron chi connectivity index (χ4n) is 3.38. The maximum atomic E-state index is 12.6. The maximum Gasteiger partial charge on any atom is 0.339 e. The quantitative estimate of drug-likeness (QED) is 0.314. The highest BCUT2D eigenvalue weighted by molar-refractivity contribution is 7.80. The van der Waals surface area contributed by atoms with Crippen molar-refractivity contribution in [3.8, 4) is 5.69 Å². The molecule has 0 saturated carbocycles. The second-order valence-electron chi connectivity index (χ2n) is 6.89. The maximum absolute atomic E-state index is 12.6. The molecule has 0 unspecified atom stereocenters. The number of methoxy groups -OCH3 is 1. The molecule has 2 aromatic rings. The van der Waals surface area contributed by atoms with Gasteiger partial charge < -0.3 is 9.30 Å². The Hall–Kier alpha value is -2.97. The van der Waals surface area contributed by atoms with Crippen molar-refractivity contribution < 1.29 is 19.1 Å². The van der Waals surface area contributed by atoms with Crippen LogP contribution in [-0.2, 0) is 14.3 Å². The van der Waals surface area contributed by atoms with Crippen LogP contribution in [0.5, 0.6) is 0 Å². The molecule has 1 aliphatic rings. The number of halogens is 1.